The van der Waals surface area contributed by atoms with Crippen molar-refractivity contribution in [3.63, 3.8) is 0 Å². The molecule has 0 saturated carbocycles. The van der Waals surface area contributed by atoms with E-state index in [1.807, 2.05) is 24.3 Å². The Morgan fingerprint density at radius 1 is 1.47 bits per heavy atom. The maximum absolute atomic E-state index is 11.8. The van der Waals surface area contributed by atoms with Crippen LogP contribution < -0.4 is 10.6 Å². The van der Waals surface area contributed by atoms with Crippen LogP contribution in [-0.4, -0.2) is 32.2 Å². The van der Waals surface area contributed by atoms with Crippen LogP contribution in [0.3, 0.4) is 0 Å². The summed E-state index contributed by atoms with van der Waals surface area (Å²) < 4.78 is 6.07. The molecule has 2 N–H and O–H groups in total. The molecule has 1 unspecified atom stereocenters. The highest BCUT2D eigenvalue weighted by atomic mass is 79.9. The molecule has 4 nitrogen and oxygen atoms in total. The zero-order valence-electron chi connectivity index (χ0n) is 11.4. The second kappa shape index (κ2) is 9.07. The minimum atomic E-state index is -0.0460. The lowest BCUT2D eigenvalue weighted by atomic mass is 10.2. The van der Waals surface area contributed by atoms with Crippen molar-refractivity contribution in [2.24, 2.45) is 0 Å². The third kappa shape index (κ3) is 6.71. The van der Waals surface area contributed by atoms with Crippen LogP contribution in [0.1, 0.15) is 19.8 Å². The summed E-state index contributed by atoms with van der Waals surface area (Å²) in [6.45, 7) is 3.03. The first-order chi connectivity index (χ1) is 9.15. The number of rotatable bonds is 8. The van der Waals surface area contributed by atoms with Crippen molar-refractivity contribution in [2.45, 2.75) is 25.8 Å². The van der Waals surface area contributed by atoms with Gasteiger partial charge in [-0.3, -0.25) is 4.79 Å². The van der Waals surface area contributed by atoms with Crippen LogP contribution >= 0.6 is 15.9 Å². The first-order valence-corrected chi connectivity index (χ1v) is 7.22. The van der Waals surface area contributed by atoms with Crippen LogP contribution in [0.2, 0.25) is 0 Å². The van der Waals surface area contributed by atoms with Crippen LogP contribution in [0.15, 0.2) is 28.7 Å². The predicted molar refractivity (Wildman–Crippen MR) is 81.3 cm³/mol. The standard InChI is InChI=1S/C14H21BrN2O2/c1-3-5-13(10-19-2)16-9-14(18)17-12-7-4-6-11(15)8-12/h4,6-8,13,16H,3,5,9-10H2,1-2H3,(H,17,18). The van der Waals surface area contributed by atoms with E-state index in [0.29, 0.717) is 13.2 Å². The highest BCUT2D eigenvalue weighted by Crippen LogP contribution is 2.15. The summed E-state index contributed by atoms with van der Waals surface area (Å²) >= 11 is 3.37. The lowest BCUT2D eigenvalue weighted by molar-refractivity contribution is -0.115. The largest absolute Gasteiger partial charge is 0.383 e. The molecule has 5 heteroatoms. The fourth-order valence-corrected chi connectivity index (χ4v) is 2.20. The second-order valence-corrected chi connectivity index (χ2v) is 5.30. The number of carbonyl (C=O) groups is 1. The van der Waals surface area contributed by atoms with Crippen molar-refractivity contribution in [1.82, 2.24) is 5.32 Å². The predicted octanol–water partition coefficient (Wildman–Crippen LogP) is 2.79. The van der Waals surface area contributed by atoms with E-state index in [0.717, 1.165) is 23.0 Å². The molecule has 0 heterocycles. The van der Waals surface area contributed by atoms with Gasteiger partial charge in [-0.1, -0.05) is 35.3 Å². The molecule has 0 aliphatic heterocycles. The minimum absolute atomic E-state index is 0.0460. The van der Waals surface area contributed by atoms with Gasteiger partial charge in [0.25, 0.3) is 0 Å². The molecular weight excluding hydrogens is 308 g/mol. The SMILES string of the molecule is CCCC(COC)NCC(=O)Nc1cccc(Br)c1. The third-order valence-electron chi connectivity index (χ3n) is 2.66. The Kier molecular flexibility index (Phi) is 7.70. The number of amides is 1. The summed E-state index contributed by atoms with van der Waals surface area (Å²) in [6.07, 6.45) is 2.06. The molecule has 1 aromatic rings. The van der Waals surface area contributed by atoms with E-state index in [1.165, 1.54) is 0 Å². The van der Waals surface area contributed by atoms with Crippen molar-refractivity contribution in [1.29, 1.82) is 0 Å². The van der Waals surface area contributed by atoms with Crippen molar-refractivity contribution in [3.05, 3.63) is 28.7 Å². The molecule has 19 heavy (non-hydrogen) atoms. The lowest BCUT2D eigenvalue weighted by Gasteiger charge is -2.16. The third-order valence-corrected chi connectivity index (χ3v) is 3.16. The molecule has 1 atom stereocenters. The molecule has 0 radical (unpaired) electrons. The molecule has 1 aromatic carbocycles. The van der Waals surface area contributed by atoms with Gasteiger partial charge in [0.15, 0.2) is 0 Å². The van der Waals surface area contributed by atoms with Gasteiger partial charge < -0.3 is 15.4 Å². The average molecular weight is 329 g/mol. The first kappa shape index (κ1) is 16.1. The van der Waals surface area contributed by atoms with Crippen molar-refractivity contribution in [2.75, 3.05) is 25.6 Å². The van der Waals surface area contributed by atoms with E-state index in [1.54, 1.807) is 7.11 Å². The van der Waals surface area contributed by atoms with E-state index >= 15 is 0 Å². The Labute approximate surface area is 123 Å². The number of nitrogens with one attached hydrogen (secondary N) is 2. The van der Waals surface area contributed by atoms with Gasteiger partial charge in [0.2, 0.25) is 5.91 Å². The van der Waals surface area contributed by atoms with Crippen molar-refractivity contribution >= 4 is 27.5 Å². The Hall–Kier alpha value is -0.910. The molecule has 1 amide bonds. The molecule has 1 rings (SSSR count). The van der Waals surface area contributed by atoms with Gasteiger partial charge in [-0.05, 0) is 24.6 Å². The van der Waals surface area contributed by atoms with Gasteiger partial charge in [-0.2, -0.15) is 0 Å². The fourth-order valence-electron chi connectivity index (χ4n) is 1.80. The quantitative estimate of drug-likeness (QED) is 0.771. The van der Waals surface area contributed by atoms with E-state index in [9.17, 15) is 4.79 Å². The van der Waals surface area contributed by atoms with Gasteiger partial charge in [0.1, 0.15) is 0 Å². The van der Waals surface area contributed by atoms with Crippen molar-refractivity contribution in [3.8, 4) is 0 Å². The molecule has 0 fully saturated rings. The summed E-state index contributed by atoms with van der Waals surface area (Å²) in [4.78, 5) is 11.8. The summed E-state index contributed by atoms with van der Waals surface area (Å²) in [6, 6.07) is 7.77. The number of halogens is 1. The minimum Gasteiger partial charge on any atom is -0.383 e. The number of hydrogen-bond acceptors (Lipinski definition) is 3. The van der Waals surface area contributed by atoms with E-state index in [2.05, 4.69) is 33.5 Å². The summed E-state index contributed by atoms with van der Waals surface area (Å²) in [7, 11) is 1.67. The van der Waals surface area contributed by atoms with Crippen LogP contribution in [0.5, 0.6) is 0 Å². The molecule has 0 aliphatic carbocycles. The first-order valence-electron chi connectivity index (χ1n) is 6.43. The number of carbonyl (C=O) groups excluding carboxylic acids is 1. The number of anilines is 1. The number of hydrogen-bond donors (Lipinski definition) is 2. The molecule has 0 spiro atoms. The van der Waals surface area contributed by atoms with Crippen LogP contribution in [0.25, 0.3) is 0 Å². The van der Waals surface area contributed by atoms with Gasteiger partial charge >= 0.3 is 0 Å². The van der Waals surface area contributed by atoms with Gasteiger partial charge in [-0.15, -0.1) is 0 Å². The summed E-state index contributed by atoms with van der Waals surface area (Å²) in [5.74, 6) is -0.0460. The zero-order valence-corrected chi connectivity index (χ0v) is 13.0. The zero-order chi connectivity index (χ0) is 14.1. The van der Waals surface area contributed by atoms with Gasteiger partial charge in [0, 0.05) is 23.3 Å². The summed E-state index contributed by atoms with van der Waals surface area (Å²) in [5, 5.41) is 6.06. The smallest absolute Gasteiger partial charge is 0.238 e. The van der Waals surface area contributed by atoms with Crippen LogP contribution in [0.4, 0.5) is 5.69 Å². The topological polar surface area (TPSA) is 50.4 Å². The highest BCUT2D eigenvalue weighted by Gasteiger charge is 2.09. The van der Waals surface area contributed by atoms with E-state index in [-0.39, 0.29) is 11.9 Å². The monoisotopic (exact) mass is 328 g/mol. The highest BCUT2D eigenvalue weighted by molar-refractivity contribution is 9.10. The van der Waals surface area contributed by atoms with Crippen LogP contribution in [0, 0.1) is 0 Å². The molecule has 106 valence electrons. The van der Waals surface area contributed by atoms with Gasteiger partial charge in [-0.25, -0.2) is 0 Å². The summed E-state index contributed by atoms with van der Waals surface area (Å²) in [5.41, 5.74) is 0.792. The Bertz CT molecular complexity index is 393. The molecule has 0 bridgehead atoms. The van der Waals surface area contributed by atoms with Crippen LogP contribution in [-0.2, 0) is 9.53 Å². The second-order valence-electron chi connectivity index (χ2n) is 4.38. The Morgan fingerprint density at radius 2 is 2.26 bits per heavy atom. The maximum atomic E-state index is 11.8. The molecular formula is C14H21BrN2O2. The van der Waals surface area contributed by atoms with Crippen molar-refractivity contribution < 1.29 is 9.53 Å². The van der Waals surface area contributed by atoms with Gasteiger partial charge in [0.05, 0.1) is 13.2 Å². The molecule has 0 aromatic heterocycles. The van der Waals surface area contributed by atoms with E-state index < -0.39 is 0 Å². The lowest BCUT2D eigenvalue weighted by Crippen LogP contribution is -2.38. The Morgan fingerprint density at radius 3 is 2.89 bits per heavy atom. The fraction of sp³-hybridized carbons (Fsp3) is 0.500. The number of benzene rings is 1. The van der Waals surface area contributed by atoms with E-state index in [4.69, 9.17) is 4.74 Å². The molecule has 0 saturated heterocycles. The number of methoxy groups -OCH3 is 1. The maximum Gasteiger partial charge on any atom is 0.238 e. The number of ether oxygens (including phenoxy) is 1. The normalized spacial score (nSPS) is 12.2. The average Bonchev–Trinajstić information content (AvgIpc) is 2.36. The molecule has 0 aliphatic rings. The Balaban J connectivity index is 2.38.